The molecule has 9 heteroatoms. The summed E-state index contributed by atoms with van der Waals surface area (Å²) in [5.74, 6) is -1.24. The molecule has 0 saturated carbocycles. The first-order valence-corrected chi connectivity index (χ1v) is 5.31. The van der Waals surface area contributed by atoms with E-state index in [4.69, 9.17) is 16.9 Å². The molecule has 0 saturated heterocycles. The van der Waals surface area contributed by atoms with Crippen molar-refractivity contribution >= 4 is 11.6 Å². The third kappa shape index (κ3) is 4.21. The van der Waals surface area contributed by atoms with Crippen LogP contribution in [0.25, 0.3) is 0 Å². The molecule has 0 bridgehead atoms. The number of nitrogens with zero attached hydrogens (tertiary/aromatic N) is 2. The minimum Gasteiger partial charge on any atom is -0.405 e. The Kier molecular flexibility index (Phi) is 4.89. The molecule has 0 unspecified atom stereocenters. The third-order valence-electron chi connectivity index (χ3n) is 1.99. The van der Waals surface area contributed by atoms with Crippen LogP contribution < -0.4 is 4.74 Å². The summed E-state index contributed by atoms with van der Waals surface area (Å²) in [6.07, 6.45) is -8.88. The van der Waals surface area contributed by atoms with Crippen LogP contribution in [0.3, 0.4) is 0 Å². The first-order valence-electron chi connectivity index (χ1n) is 4.78. The Balaban J connectivity index is 3.39. The van der Waals surface area contributed by atoms with E-state index in [9.17, 15) is 22.0 Å². The Morgan fingerprint density at radius 3 is 2.47 bits per heavy atom. The number of nitriles is 1. The van der Waals surface area contributed by atoms with Gasteiger partial charge in [-0.05, 0) is 0 Å². The molecule has 0 amide bonds. The molecule has 0 radical (unpaired) electrons. The van der Waals surface area contributed by atoms with Crippen LogP contribution in [0.5, 0.6) is 5.75 Å². The summed E-state index contributed by atoms with van der Waals surface area (Å²) >= 11 is 5.37. The van der Waals surface area contributed by atoms with E-state index in [1.54, 1.807) is 0 Å². The van der Waals surface area contributed by atoms with Crippen molar-refractivity contribution in [3.8, 4) is 11.8 Å². The van der Waals surface area contributed by atoms with Crippen LogP contribution in [0.2, 0.25) is 0 Å². The van der Waals surface area contributed by atoms with Gasteiger partial charge in [-0.2, -0.15) is 5.26 Å². The summed E-state index contributed by atoms with van der Waals surface area (Å²) in [5.41, 5.74) is -1.72. The molecule has 0 spiro atoms. The molecule has 3 nitrogen and oxygen atoms in total. The number of hydrogen-bond acceptors (Lipinski definition) is 3. The fourth-order valence-electron chi connectivity index (χ4n) is 1.34. The van der Waals surface area contributed by atoms with Crippen LogP contribution >= 0.6 is 11.6 Å². The second-order valence-corrected chi connectivity index (χ2v) is 3.56. The molecule has 0 fully saturated rings. The van der Waals surface area contributed by atoms with E-state index < -0.39 is 36.2 Å². The van der Waals surface area contributed by atoms with Gasteiger partial charge >= 0.3 is 6.36 Å². The van der Waals surface area contributed by atoms with E-state index in [2.05, 4.69) is 9.72 Å². The molecular formula is C10H6ClF5N2O. The molecule has 0 aromatic carbocycles. The average molecular weight is 301 g/mol. The molecule has 19 heavy (non-hydrogen) atoms. The van der Waals surface area contributed by atoms with E-state index >= 15 is 0 Å². The topological polar surface area (TPSA) is 45.9 Å². The van der Waals surface area contributed by atoms with Gasteiger partial charge in [0.1, 0.15) is 11.4 Å². The first-order chi connectivity index (χ1) is 8.78. The maximum atomic E-state index is 12.7. The van der Waals surface area contributed by atoms with Crippen LogP contribution in [0, 0.1) is 11.3 Å². The SMILES string of the molecule is N#CCc1c(OC(F)(F)F)cc(CCl)nc1C(F)F. The molecule has 0 atom stereocenters. The van der Waals surface area contributed by atoms with Crippen LogP contribution in [0.15, 0.2) is 6.07 Å². The Morgan fingerprint density at radius 2 is 2.05 bits per heavy atom. The van der Waals surface area contributed by atoms with Gasteiger partial charge < -0.3 is 4.74 Å². The standard InChI is InChI=1S/C10H6ClF5N2O/c11-4-5-3-7(19-10(14,15)16)6(1-2-17)8(18-5)9(12)13/h3,9H,1,4H2. The van der Waals surface area contributed by atoms with Crippen LogP contribution in [0.1, 0.15) is 23.4 Å². The summed E-state index contributed by atoms with van der Waals surface area (Å²) in [5, 5.41) is 8.49. The average Bonchev–Trinajstić information content (AvgIpc) is 2.29. The van der Waals surface area contributed by atoms with Gasteiger partial charge in [-0.1, -0.05) is 0 Å². The number of ether oxygens (including phenoxy) is 1. The van der Waals surface area contributed by atoms with Gasteiger partial charge in [-0.25, -0.2) is 13.8 Å². The van der Waals surface area contributed by atoms with Crippen molar-refractivity contribution < 1.29 is 26.7 Å². The van der Waals surface area contributed by atoms with E-state index in [0.717, 1.165) is 6.07 Å². The Bertz CT molecular complexity index is 498. The quantitative estimate of drug-likeness (QED) is 0.629. The van der Waals surface area contributed by atoms with E-state index in [0.29, 0.717) is 0 Å². The third-order valence-corrected chi connectivity index (χ3v) is 2.27. The normalized spacial score (nSPS) is 11.5. The molecule has 1 rings (SSSR count). The summed E-state index contributed by atoms with van der Waals surface area (Å²) < 4.78 is 65.6. The lowest BCUT2D eigenvalue weighted by Crippen LogP contribution is -2.19. The predicted molar refractivity (Wildman–Crippen MR) is 54.8 cm³/mol. The second-order valence-electron chi connectivity index (χ2n) is 3.29. The number of pyridine rings is 1. The summed E-state index contributed by atoms with van der Waals surface area (Å²) in [6, 6.07) is 2.28. The second kappa shape index (κ2) is 6.02. The first kappa shape index (κ1) is 15.4. The van der Waals surface area contributed by atoms with Gasteiger partial charge in [0.05, 0.1) is 24.1 Å². The number of hydrogen-bond donors (Lipinski definition) is 0. The number of rotatable bonds is 4. The summed E-state index contributed by atoms with van der Waals surface area (Å²) in [6.45, 7) is 0. The molecule has 0 aliphatic rings. The van der Waals surface area contributed by atoms with Gasteiger partial charge in [0.2, 0.25) is 0 Å². The minimum absolute atomic E-state index is 0.196. The Hall–Kier alpha value is -1.62. The van der Waals surface area contributed by atoms with Crippen molar-refractivity contribution in [2.24, 2.45) is 0 Å². The van der Waals surface area contributed by atoms with Gasteiger partial charge in [-0.15, -0.1) is 24.8 Å². The number of aromatic nitrogens is 1. The lowest BCUT2D eigenvalue weighted by atomic mass is 10.1. The Morgan fingerprint density at radius 1 is 1.42 bits per heavy atom. The van der Waals surface area contributed by atoms with Crippen LogP contribution in [0.4, 0.5) is 22.0 Å². The van der Waals surface area contributed by atoms with Crippen molar-refractivity contribution in [3.05, 3.63) is 23.0 Å². The fourth-order valence-corrected chi connectivity index (χ4v) is 1.48. The monoisotopic (exact) mass is 300 g/mol. The molecule has 1 heterocycles. The van der Waals surface area contributed by atoms with Crippen molar-refractivity contribution in [1.29, 1.82) is 5.26 Å². The fraction of sp³-hybridized carbons (Fsp3) is 0.400. The van der Waals surface area contributed by atoms with Crippen molar-refractivity contribution in [2.45, 2.75) is 25.1 Å². The minimum atomic E-state index is -5.06. The zero-order chi connectivity index (χ0) is 14.6. The van der Waals surface area contributed by atoms with Gasteiger partial charge in [0.15, 0.2) is 0 Å². The highest BCUT2D eigenvalue weighted by Gasteiger charge is 2.33. The highest BCUT2D eigenvalue weighted by Crippen LogP contribution is 2.33. The molecule has 0 aliphatic carbocycles. The van der Waals surface area contributed by atoms with E-state index in [1.165, 1.54) is 6.07 Å². The van der Waals surface area contributed by atoms with Crippen molar-refractivity contribution in [3.63, 3.8) is 0 Å². The van der Waals surface area contributed by atoms with E-state index in [-0.39, 0.29) is 11.6 Å². The number of halogens is 6. The van der Waals surface area contributed by atoms with Crippen LogP contribution in [-0.4, -0.2) is 11.3 Å². The maximum absolute atomic E-state index is 12.7. The molecule has 0 aliphatic heterocycles. The largest absolute Gasteiger partial charge is 0.573 e. The van der Waals surface area contributed by atoms with Gasteiger partial charge in [-0.3, -0.25) is 0 Å². The molecule has 0 N–H and O–H groups in total. The highest BCUT2D eigenvalue weighted by molar-refractivity contribution is 6.16. The van der Waals surface area contributed by atoms with Crippen LogP contribution in [-0.2, 0) is 12.3 Å². The lowest BCUT2D eigenvalue weighted by Gasteiger charge is -2.15. The zero-order valence-electron chi connectivity index (χ0n) is 9.14. The van der Waals surface area contributed by atoms with E-state index in [1.807, 2.05) is 0 Å². The van der Waals surface area contributed by atoms with Gasteiger partial charge in [0, 0.05) is 11.6 Å². The highest BCUT2D eigenvalue weighted by atomic mass is 35.5. The molecule has 1 aromatic rings. The van der Waals surface area contributed by atoms with Crippen molar-refractivity contribution in [2.75, 3.05) is 0 Å². The van der Waals surface area contributed by atoms with Gasteiger partial charge in [0.25, 0.3) is 6.43 Å². The lowest BCUT2D eigenvalue weighted by molar-refractivity contribution is -0.275. The summed E-state index contributed by atoms with van der Waals surface area (Å²) in [4.78, 5) is 3.42. The van der Waals surface area contributed by atoms with Crippen molar-refractivity contribution in [1.82, 2.24) is 4.98 Å². The summed E-state index contributed by atoms with van der Waals surface area (Å²) in [7, 11) is 0. The number of alkyl halides is 6. The Labute approximate surface area is 109 Å². The molecular weight excluding hydrogens is 295 g/mol. The maximum Gasteiger partial charge on any atom is 0.573 e. The smallest absolute Gasteiger partial charge is 0.405 e. The molecule has 104 valence electrons. The molecule has 1 aromatic heterocycles. The predicted octanol–water partition coefficient (Wildman–Crippen LogP) is 3.72. The zero-order valence-corrected chi connectivity index (χ0v) is 9.90.